The number of rotatable bonds is 7. The molecule has 122 valence electrons. The Bertz CT molecular complexity index is 686. The van der Waals surface area contributed by atoms with Gasteiger partial charge in [-0.15, -0.1) is 0 Å². The van der Waals surface area contributed by atoms with Crippen LogP contribution in [0.25, 0.3) is 0 Å². The molecule has 2 rings (SSSR count). The van der Waals surface area contributed by atoms with E-state index in [9.17, 15) is 9.90 Å². The van der Waals surface area contributed by atoms with Gasteiger partial charge in [0.25, 0.3) is 0 Å². The summed E-state index contributed by atoms with van der Waals surface area (Å²) < 4.78 is 15.5. The SMILES string of the molecule is COc1cc(OC)nc(OCCc2cccc(Cl)c2C(=O)O)n1. The second-order valence-electron chi connectivity index (χ2n) is 4.41. The number of hydrogen-bond donors (Lipinski definition) is 1. The fraction of sp³-hybridized carbons (Fsp3) is 0.267. The second kappa shape index (κ2) is 7.64. The topological polar surface area (TPSA) is 90.8 Å². The number of carboxylic acids is 1. The first kappa shape index (κ1) is 16.8. The van der Waals surface area contributed by atoms with E-state index >= 15 is 0 Å². The number of aromatic carboxylic acids is 1. The molecular formula is C15H15ClN2O5. The Morgan fingerprint density at radius 3 is 2.43 bits per heavy atom. The van der Waals surface area contributed by atoms with Crippen LogP contribution in [0.2, 0.25) is 5.02 Å². The summed E-state index contributed by atoms with van der Waals surface area (Å²) in [6.07, 6.45) is 0.338. The number of hydrogen-bond acceptors (Lipinski definition) is 6. The number of benzene rings is 1. The highest BCUT2D eigenvalue weighted by Crippen LogP contribution is 2.22. The van der Waals surface area contributed by atoms with Crippen molar-refractivity contribution in [1.29, 1.82) is 0 Å². The molecule has 0 amide bonds. The number of nitrogens with zero attached hydrogens (tertiary/aromatic N) is 2. The van der Waals surface area contributed by atoms with Crippen LogP contribution in [0.4, 0.5) is 0 Å². The maximum absolute atomic E-state index is 11.3. The van der Waals surface area contributed by atoms with Gasteiger partial charge < -0.3 is 19.3 Å². The Kier molecular flexibility index (Phi) is 5.59. The number of methoxy groups -OCH3 is 2. The number of halogens is 1. The van der Waals surface area contributed by atoms with Crippen LogP contribution < -0.4 is 14.2 Å². The van der Waals surface area contributed by atoms with Gasteiger partial charge in [-0.05, 0) is 11.6 Å². The molecule has 23 heavy (non-hydrogen) atoms. The summed E-state index contributed by atoms with van der Waals surface area (Å²) in [5.41, 5.74) is 0.641. The number of carbonyl (C=O) groups is 1. The van der Waals surface area contributed by atoms with E-state index in [2.05, 4.69) is 9.97 Å². The summed E-state index contributed by atoms with van der Waals surface area (Å²) in [4.78, 5) is 19.3. The summed E-state index contributed by atoms with van der Waals surface area (Å²) in [7, 11) is 2.94. The Hall–Kier alpha value is -2.54. The molecule has 0 bridgehead atoms. The molecule has 8 heteroatoms. The first-order valence-corrected chi connectivity index (χ1v) is 7.03. The molecule has 0 aliphatic rings. The largest absolute Gasteiger partial charge is 0.481 e. The molecule has 1 heterocycles. The maximum atomic E-state index is 11.3. The first-order chi connectivity index (χ1) is 11.0. The average molecular weight is 339 g/mol. The van der Waals surface area contributed by atoms with Crippen LogP contribution in [0, 0.1) is 0 Å². The predicted molar refractivity (Wildman–Crippen MR) is 82.7 cm³/mol. The van der Waals surface area contributed by atoms with E-state index in [1.54, 1.807) is 12.1 Å². The molecule has 0 spiro atoms. The summed E-state index contributed by atoms with van der Waals surface area (Å²) in [5.74, 6) is -0.466. The van der Waals surface area contributed by atoms with Crippen LogP contribution >= 0.6 is 11.6 Å². The van der Waals surface area contributed by atoms with E-state index in [-0.39, 0.29) is 23.2 Å². The number of aromatic nitrogens is 2. The summed E-state index contributed by atoms with van der Waals surface area (Å²) in [5, 5.41) is 9.41. The summed E-state index contributed by atoms with van der Waals surface area (Å²) in [6.45, 7) is 0.178. The van der Waals surface area contributed by atoms with Crippen molar-refractivity contribution in [2.75, 3.05) is 20.8 Å². The van der Waals surface area contributed by atoms with Crippen LogP contribution in [0.15, 0.2) is 24.3 Å². The fourth-order valence-corrected chi connectivity index (χ4v) is 2.20. The molecule has 7 nitrogen and oxygen atoms in total. The zero-order chi connectivity index (χ0) is 16.8. The van der Waals surface area contributed by atoms with Gasteiger partial charge in [0.05, 0.1) is 37.5 Å². The molecule has 2 aromatic rings. The van der Waals surface area contributed by atoms with Gasteiger partial charge in [-0.3, -0.25) is 0 Å². The summed E-state index contributed by atoms with van der Waals surface area (Å²) in [6, 6.07) is 6.51. The van der Waals surface area contributed by atoms with Crippen molar-refractivity contribution in [3.05, 3.63) is 40.4 Å². The van der Waals surface area contributed by atoms with Crippen molar-refractivity contribution in [1.82, 2.24) is 9.97 Å². The van der Waals surface area contributed by atoms with Gasteiger partial charge in [-0.25, -0.2) is 4.79 Å². The smallest absolute Gasteiger partial charge is 0.337 e. The van der Waals surface area contributed by atoms with Gasteiger partial charge in [0, 0.05) is 6.42 Å². The van der Waals surface area contributed by atoms with Crippen molar-refractivity contribution < 1.29 is 24.1 Å². The van der Waals surface area contributed by atoms with E-state index in [1.807, 2.05) is 0 Å². The quantitative estimate of drug-likeness (QED) is 0.829. The predicted octanol–water partition coefficient (Wildman–Crippen LogP) is 2.47. The van der Waals surface area contributed by atoms with Crippen molar-refractivity contribution in [2.24, 2.45) is 0 Å². The summed E-state index contributed by atoms with van der Waals surface area (Å²) >= 11 is 5.92. The van der Waals surface area contributed by atoms with E-state index < -0.39 is 5.97 Å². The van der Waals surface area contributed by atoms with Crippen molar-refractivity contribution in [3.8, 4) is 17.8 Å². The molecule has 0 saturated heterocycles. The molecule has 0 radical (unpaired) electrons. The highest BCUT2D eigenvalue weighted by molar-refractivity contribution is 6.33. The molecule has 1 aromatic carbocycles. The molecule has 1 aromatic heterocycles. The van der Waals surface area contributed by atoms with Crippen LogP contribution in [0.5, 0.6) is 17.8 Å². The Morgan fingerprint density at radius 1 is 1.22 bits per heavy atom. The van der Waals surface area contributed by atoms with E-state index in [0.29, 0.717) is 23.7 Å². The lowest BCUT2D eigenvalue weighted by Crippen LogP contribution is -2.09. The first-order valence-electron chi connectivity index (χ1n) is 6.65. The highest BCUT2D eigenvalue weighted by atomic mass is 35.5. The zero-order valence-corrected chi connectivity index (χ0v) is 13.3. The van der Waals surface area contributed by atoms with Gasteiger partial charge in [0.15, 0.2) is 0 Å². The molecule has 0 aliphatic carbocycles. The fourth-order valence-electron chi connectivity index (χ4n) is 1.93. The lowest BCUT2D eigenvalue weighted by molar-refractivity contribution is 0.0695. The minimum atomic E-state index is -1.08. The van der Waals surface area contributed by atoms with Gasteiger partial charge in [-0.2, -0.15) is 9.97 Å². The van der Waals surface area contributed by atoms with Crippen LogP contribution in [0.1, 0.15) is 15.9 Å². The van der Waals surface area contributed by atoms with E-state index in [1.165, 1.54) is 26.4 Å². The van der Waals surface area contributed by atoms with Crippen LogP contribution in [0.3, 0.4) is 0 Å². The maximum Gasteiger partial charge on any atom is 0.337 e. The van der Waals surface area contributed by atoms with Gasteiger partial charge in [0.2, 0.25) is 11.8 Å². The Labute approximate surface area is 137 Å². The molecule has 0 atom stereocenters. The third kappa shape index (κ3) is 4.23. The lowest BCUT2D eigenvalue weighted by atomic mass is 10.1. The standard InChI is InChI=1S/C15H15ClN2O5/c1-21-11-8-12(22-2)18-15(17-11)23-7-6-9-4-3-5-10(16)13(9)14(19)20/h3-5,8H,6-7H2,1-2H3,(H,19,20). The van der Waals surface area contributed by atoms with Crippen molar-refractivity contribution in [2.45, 2.75) is 6.42 Å². The minimum absolute atomic E-state index is 0.0712. The zero-order valence-electron chi connectivity index (χ0n) is 12.6. The molecule has 0 saturated carbocycles. The minimum Gasteiger partial charge on any atom is -0.481 e. The van der Waals surface area contributed by atoms with Gasteiger partial charge in [-0.1, -0.05) is 23.7 Å². The molecule has 0 aliphatic heterocycles. The van der Waals surface area contributed by atoms with Crippen LogP contribution in [-0.2, 0) is 6.42 Å². The normalized spacial score (nSPS) is 10.2. The number of ether oxygens (including phenoxy) is 3. The average Bonchev–Trinajstić information content (AvgIpc) is 2.54. The Balaban J connectivity index is 2.09. The highest BCUT2D eigenvalue weighted by Gasteiger charge is 2.14. The second-order valence-corrected chi connectivity index (χ2v) is 4.82. The molecule has 0 unspecified atom stereocenters. The lowest BCUT2D eigenvalue weighted by Gasteiger charge is -2.10. The monoisotopic (exact) mass is 338 g/mol. The van der Waals surface area contributed by atoms with E-state index in [0.717, 1.165) is 0 Å². The van der Waals surface area contributed by atoms with Crippen molar-refractivity contribution in [3.63, 3.8) is 0 Å². The van der Waals surface area contributed by atoms with Gasteiger partial charge >= 0.3 is 12.0 Å². The van der Waals surface area contributed by atoms with Crippen molar-refractivity contribution >= 4 is 17.6 Å². The van der Waals surface area contributed by atoms with Crippen LogP contribution in [-0.4, -0.2) is 41.9 Å². The Morgan fingerprint density at radius 2 is 1.87 bits per heavy atom. The number of carboxylic acid groups (broad SMARTS) is 1. The van der Waals surface area contributed by atoms with Gasteiger partial charge in [0.1, 0.15) is 0 Å². The molecule has 0 fully saturated rings. The molecular weight excluding hydrogens is 324 g/mol. The molecule has 1 N–H and O–H groups in total. The third-order valence-corrected chi connectivity index (χ3v) is 3.31. The third-order valence-electron chi connectivity index (χ3n) is 2.99. The van der Waals surface area contributed by atoms with E-state index in [4.69, 9.17) is 25.8 Å².